The first-order valence-corrected chi connectivity index (χ1v) is 11.3. The molecule has 1 fully saturated rings. The monoisotopic (exact) mass is 451 g/mol. The van der Waals surface area contributed by atoms with Gasteiger partial charge in [0.1, 0.15) is 18.2 Å². The molecule has 0 bridgehead atoms. The molecule has 0 unspecified atom stereocenters. The van der Waals surface area contributed by atoms with Crippen LogP contribution in [0.25, 0.3) is 6.08 Å². The number of allylic oxidation sites excluding steroid dienone is 1. The molecular weight excluding hydrogens is 422 g/mol. The fourth-order valence-electron chi connectivity index (χ4n) is 5.09. The minimum Gasteiger partial charge on any atom is -0.493 e. The Morgan fingerprint density at radius 2 is 1.73 bits per heavy atom. The van der Waals surface area contributed by atoms with Gasteiger partial charge in [-0.25, -0.2) is 0 Å². The number of aryl methyl sites for hydroxylation is 1. The average molecular weight is 452 g/mol. The Bertz CT molecular complexity index is 1110. The standard InChI is InChI=1S/C26H29NO6/c1-15-9-19-18(13-27(14-32-19)17-7-5-6-8-17)25-23(15)24(28)20(33-25)10-16-11-21(29-2)26(31-4)22(12-16)30-3/h9-12,17H,5-8,13-14H2,1-4H3/b20-10-. The zero-order valence-corrected chi connectivity index (χ0v) is 19.5. The second kappa shape index (κ2) is 8.63. The van der Waals surface area contributed by atoms with E-state index in [9.17, 15) is 4.79 Å². The Labute approximate surface area is 193 Å². The molecule has 2 aromatic rings. The van der Waals surface area contributed by atoms with E-state index in [2.05, 4.69) is 4.90 Å². The van der Waals surface area contributed by atoms with Crippen molar-refractivity contribution < 1.29 is 28.5 Å². The molecule has 0 radical (unpaired) electrons. The molecular formula is C26H29NO6. The maximum atomic E-state index is 13.3. The number of methoxy groups -OCH3 is 3. The minimum atomic E-state index is -0.128. The van der Waals surface area contributed by atoms with Gasteiger partial charge >= 0.3 is 0 Å². The number of hydrogen-bond acceptors (Lipinski definition) is 7. The molecule has 0 amide bonds. The summed E-state index contributed by atoms with van der Waals surface area (Å²) in [6.07, 6.45) is 6.63. The van der Waals surface area contributed by atoms with E-state index in [0.29, 0.717) is 41.3 Å². The van der Waals surface area contributed by atoms with Crippen LogP contribution in [0.3, 0.4) is 0 Å². The van der Waals surface area contributed by atoms with Crippen LogP contribution in [-0.2, 0) is 6.54 Å². The van der Waals surface area contributed by atoms with Gasteiger partial charge in [0.2, 0.25) is 11.5 Å². The molecule has 0 aromatic heterocycles. The van der Waals surface area contributed by atoms with Gasteiger partial charge in [-0.15, -0.1) is 0 Å². The van der Waals surface area contributed by atoms with Gasteiger partial charge in [-0.1, -0.05) is 12.8 Å². The molecule has 1 aliphatic carbocycles. The molecule has 174 valence electrons. The van der Waals surface area contributed by atoms with Gasteiger partial charge in [-0.05, 0) is 55.2 Å². The van der Waals surface area contributed by atoms with Crippen molar-refractivity contribution in [2.75, 3.05) is 28.1 Å². The van der Waals surface area contributed by atoms with Gasteiger partial charge in [0.05, 0.1) is 32.5 Å². The number of ketones is 1. The van der Waals surface area contributed by atoms with Gasteiger partial charge in [0.25, 0.3) is 0 Å². The molecule has 1 saturated carbocycles. The minimum absolute atomic E-state index is 0.128. The molecule has 2 heterocycles. The van der Waals surface area contributed by atoms with Crippen molar-refractivity contribution in [3.05, 3.63) is 46.2 Å². The molecule has 7 nitrogen and oxygen atoms in total. The van der Waals surface area contributed by atoms with E-state index in [1.807, 2.05) is 13.0 Å². The lowest BCUT2D eigenvalue weighted by molar-refractivity contribution is 0.0567. The van der Waals surface area contributed by atoms with Crippen LogP contribution in [-0.4, -0.2) is 44.8 Å². The number of rotatable bonds is 5. The largest absolute Gasteiger partial charge is 0.493 e. The molecule has 33 heavy (non-hydrogen) atoms. The van der Waals surface area contributed by atoms with E-state index < -0.39 is 0 Å². The smallest absolute Gasteiger partial charge is 0.232 e. The van der Waals surface area contributed by atoms with Gasteiger partial charge in [0, 0.05) is 12.6 Å². The van der Waals surface area contributed by atoms with Crippen LogP contribution in [0.4, 0.5) is 0 Å². The number of carbonyl (C=O) groups is 1. The van der Waals surface area contributed by atoms with E-state index in [1.54, 1.807) is 39.5 Å². The highest BCUT2D eigenvalue weighted by atomic mass is 16.5. The number of carbonyl (C=O) groups excluding carboxylic acids is 1. The first-order chi connectivity index (χ1) is 16.0. The number of ether oxygens (including phenoxy) is 5. The van der Waals surface area contributed by atoms with Gasteiger partial charge < -0.3 is 23.7 Å². The van der Waals surface area contributed by atoms with Gasteiger partial charge in [0.15, 0.2) is 17.3 Å². The lowest BCUT2D eigenvalue weighted by atomic mass is 9.98. The van der Waals surface area contributed by atoms with Crippen molar-refractivity contribution in [3.8, 4) is 28.7 Å². The zero-order chi connectivity index (χ0) is 23.1. The van der Waals surface area contributed by atoms with E-state index in [4.69, 9.17) is 23.7 Å². The Kier molecular flexibility index (Phi) is 5.66. The lowest BCUT2D eigenvalue weighted by Gasteiger charge is -2.34. The number of benzene rings is 2. The molecule has 0 atom stereocenters. The summed E-state index contributed by atoms with van der Waals surface area (Å²) in [6.45, 7) is 3.24. The topological polar surface area (TPSA) is 66.5 Å². The molecule has 0 spiro atoms. The highest BCUT2D eigenvalue weighted by molar-refractivity contribution is 6.16. The predicted molar refractivity (Wildman–Crippen MR) is 124 cm³/mol. The lowest BCUT2D eigenvalue weighted by Crippen LogP contribution is -2.39. The number of Topliss-reactive ketones (excluding diaryl/α,β-unsaturated/α-hetero) is 1. The molecule has 0 saturated heterocycles. The highest BCUT2D eigenvalue weighted by Crippen LogP contribution is 2.45. The Morgan fingerprint density at radius 3 is 2.36 bits per heavy atom. The fraction of sp³-hybridized carbons (Fsp3) is 0.423. The summed E-state index contributed by atoms with van der Waals surface area (Å²) in [5.41, 5.74) is 3.15. The Balaban J connectivity index is 1.51. The van der Waals surface area contributed by atoms with Crippen LogP contribution in [0.5, 0.6) is 28.7 Å². The second-order valence-electron chi connectivity index (χ2n) is 8.73. The van der Waals surface area contributed by atoms with Crippen molar-refractivity contribution >= 4 is 11.9 Å². The third-order valence-corrected chi connectivity index (χ3v) is 6.78. The van der Waals surface area contributed by atoms with Crippen molar-refractivity contribution in [3.63, 3.8) is 0 Å². The molecule has 0 N–H and O–H groups in total. The molecule has 2 aromatic carbocycles. The summed E-state index contributed by atoms with van der Waals surface area (Å²) in [6, 6.07) is 6.08. The van der Waals surface area contributed by atoms with Crippen LogP contribution < -0.4 is 23.7 Å². The Hall–Kier alpha value is -3.19. The molecule has 5 rings (SSSR count). The normalized spacial score (nSPS) is 19.2. The summed E-state index contributed by atoms with van der Waals surface area (Å²) in [5.74, 6) is 3.10. The number of fused-ring (bicyclic) bond motifs is 3. The molecule has 3 aliphatic rings. The average Bonchev–Trinajstić information content (AvgIpc) is 3.47. The summed E-state index contributed by atoms with van der Waals surface area (Å²) >= 11 is 0. The SMILES string of the molecule is COc1cc(/C=C2\Oc3c4c(cc(C)c3C2=O)OCN(C2CCCC2)C4)cc(OC)c1OC. The van der Waals surface area contributed by atoms with E-state index in [0.717, 1.165) is 29.0 Å². The van der Waals surface area contributed by atoms with Crippen molar-refractivity contribution in [1.82, 2.24) is 4.90 Å². The van der Waals surface area contributed by atoms with Gasteiger partial charge in [-0.2, -0.15) is 0 Å². The third-order valence-electron chi connectivity index (χ3n) is 6.78. The van der Waals surface area contributed by atoms with Gasteiger partial charge in [-0.3, -0.25) is 9.69 Å². The third kappa shape index (κ3) is 3.70. The van der Waals surface area contributed by atoms with Crippen LogP contribution in [0.1, 0.15) is 52.7 Å². The van der Waals surface area contributed by atoms with E-state index in [-0.39, 0.29) is 11.5 Å². The van der Waals surface area contributed by atoms with Crippen LogP contribution in [0, 0.1) is 6.92 Å². The second-order valence-corrected chi connectivity index (χ2v) is 8.73. The summed E-state index contributed by atoms with van der Waals surface area (Å²) < 4.78 is 28.6. The van der Waals surface area contributed by atoms with Crippen molar-refractivity contribution in [1.29, 1.82) is 0 Å². The fourth-order valence-corrected chi connectivity index (χ4v) is 5.09. The van der Waals surface area contributed by atoms with E-state index >= 15 is 0 Å². The summed E-state index contributed by atoms with van der Waals surface area (Å²) in [5, 5.41) is 0. The van der Waals surface area contributed by atoms with Crippen LogP contribution in [0.15, 0.2) is 24.0 Å². The number of hydrogen-bond donors (Lipinski definition) is 0. The van der Waals surface area contributed by atoms with Crippen LogP contribution in [0.2, 0.25) is 0 Å². The molecule has 2 aliphatic heterocycles. The predicted octanol–water partition coefficient (Wildman–Crippen LogP) is 4.73. The van der Waals surface area contributed by atoms with E-state index in [1.165, 1.54) is 25.7 Å². The van der Waals surface area contributed by atoms with Crippen LogP contribution >= 0.6 is 0 Å². The van der Waals surface area contributed by atoms with Crippen molar-refractivity contribution in [2.45, 2.75) is 45.2 Å². The quantitative estimate of drug-likeness (QED) is 0.609. The maximum absolute atomic E-state index is 13.3. The summed E-state index contributed by atoms with van der Waals surface area (Å²) in [4.78, 5) is 15.7. The summed E-state index contributed by atoms with van der Waals surface area (Å²) in [7, 11) is 4.68. The van der Waals surface area contributed by atoms with Crippen molar-refractivity contribution in [2.24, 2.45) is 0 Å². The Morgan fingerprint density at radius 1 is 1.03 bits per heavy atom. The maximum Gasteiger partial charge on any atom is 0.232 e. The first-order valence-electron chi connectivity index (χ1n) is 11.3. The first kappa shape index (κ1) is 21.6. The zero-order valence-electron chi connectivity index (χ0n) is 19.5. The molecule has 7 heteroatoms. The number of nitrogens with zero attached hydrogens (tertiary/aromatic N) is 1. The highest BCUT2D eigenvalue weighted by Gasteiger charge is 2.37.